The number of halogens is 2. The van der Waals surface area contributed by atoms with Crippen LogP contribution in [-0.2, 0) is 17.8 Å². The van der Waals surface area contributed by atoms with Gasteiger partial charge in [0.2, 0.25) is 5.91 Å². The van der Waals surface area contributed by atoms with Crippen molar-refractivity contribution in [3.8, 4) is 0 Å². The van der Waals surface area contributed by atoms with Gasteiger partial charge >= 0.3 is 5.97 Å². The number of nitrogens with one attached hydrogen (secondary N) is 1. The lowest BCUT2D eigenvalue weighted by Crippen LogP contribution is -2.21. The molecule has 0 bridgehead atoms. The second-order valence-electron chi connectivity index (χ2n) is 4.95. The van der Waals surface area contributed by atoms with E-state index in [1.165, 1.54) is 12.1 Å². The Morgan fingerprint density at radius 2 is 1.91 bits per heavy atom. The Morgan fingerprint density at radius 3 is 2.57 bits per heavy atom. The van der Waals surface area contributed by atoms with Gasteiger partial charge in [0.15, 0.2) is 11.6 Å². The van der Waals surface area contributed by atoms with Gasteiger partial charge in [-0.25, -0.2) is 13.6 Å². The molecule has 0 unspecified atom stereocenters. The maximum atomic E-state index is 13.0. The number of rotatable bonds is 7. The zero-order valence-corrected chi connectivity index (χ0v) is 13.0. The van der Waals surface area contributed by atoms with E-state index >= 15 is 0 Å². The van der Waals surface area contributed by atoms with Gasteiger partial charge in [-0.15, -0.1) is 11.3 Å². The number of aryl methyl sites for hydroxylation is 1. The molecule has 122 valence electrons. The predicted octanol–water partition coefficient (Wildman–Crippen LogP) is 3.36. The molecule has 2 rings (SSSR count). The Labute approximate surface area is 135 Å². The Balaban J connectivity index is 1.72. The Morgan fingerprint density at radius 1 is 1.13 bits per heavy atom. The highest BCUT2D eigenvalue weighted by atomic mass is 32.1. The lowest BCUT2D eigenvalue weighted by Gasteiger charge is -2.04. The summed E-state index contributed by atoms with van der Waals surface area (Å²) in [5.41, 5.74) is 0.640. The zero-order chi connectivity index (χ0) is 16.8. The average molecular weight is 339 g/mol. The molecule has 4 nitrogen and oxygen atoms in total. The van der Waals surface area contributed by atoms with E-state index in [4.69, 9.17) is 5.11 Å². The number of carboxylic acid groups (broad SMARTS) is 1. The molecule has 0 atom stereocenters. The van der Waals surface area contributed by atoms with Gasteiger partial charge in [-0.2, -0.15) is 0 Å². The molecule has 0 radical (unpaired) electrons. The smallest absolute Gasteiger partial charge is 0.345 e. The number of amides is 1. The van der Waals surface area contributed by atoms with E-state index in [1.807, 2.05) is 0 Å². The summed E-state index contributed by atoms with van der Waals surface area (Å²) in [5.74, 6) is -2.93. The molecule has 0 fully saturated rings. The van der Waals surface area contributed by atoms with Crippen LogP contribution < -0.4 is 5.32 Å². The van der Waals surface area contributed by atoms with Crippen molar-refractivity contribution in [2.24, 2.45) is 0 Å². The Bertz CT molecular complexity index is 715. The first-order chi connectivity index (χ1) is 11.0. The molecule has 0 aliphatic heterocycles. The van der Waals surface area contributed by atoms with Crippen molar-refractivity contribution in [1.29, 1.82) is 0 Å². The van der Waals surface area contributed by atoms with Crippen LogP contribution in [0, 0.1) is 11.6 Å². The topological polar surface area (TPSA) is 66.4 Å². The molecular formula is C16H15F2NO3S. The Kier molecular flexibility index (Phi) is 5.81. The minimum absolute atomic E-state index is 0.169. The number of benzene rings is 1. The maximum absolute atomic E-state index is 13.0. The molecule has 1 amide bonds. The monoisotopic (exact) mass is 339 g/mol. The van der Waals surface area contributed by atoms with E-state index in [1.54, 1.807) is 6.07 Å². The molecule has 0 aliphatic carbocycles. The number of hydrogen-bond donors (Lipinski definition) is 2. The number of aromatic carboxylic acids is 1. The van der Waals surface area contributed by atoms with Crippen LogP contribution in [0.25, 0.3) is 0 Å². The van der Waals surface area contributed by atoms with Crippen molar-refractivity contribution in [3.05, 3.63) is 57.3 Å². The van der Waals surface area contributed by atoms with E-state index in [2.05, 4.69) is 5.32 Å². The van der Waals surface area contributed by atoms with Crippen molar-refractivity contribution in [3.63, 3.8) is 0 Å². The predicted molar refractivity (Wildman–Crippen MR) is 82.4 cm³/mol. The summed E-state index contributed by atoms with van der Waals surface area (Å²) in [4.78, 5) is 23.4. The van der Waals surface area contributed by atoms with Crippen LogP contribution in [0.2, 0.25) is 0 Å². The first kappa shape index (κ1) is 17.1. The molecule has 23 heavy (non-hydrogen) atoms. The van der Waals surface area contributed by atoms with Crippen molar-refractivity contribution < 1.29 is 23.5 Å². The number of carboxylic acids is 1. The van der Waals surface area contributed by atoms with Gasteiger partial charge in [0.05, 0.1) is 6.54 Å². The first-order valence-corrected chi connectivity index (χ1v) is 7.80. The van der Waals surface area contributed by atoms with Crippen LogP contribution >= 0.6 is 11.3 Å². The van der Waals surface area contributed by atoms with Gasteiger partial charge in [-0.05, 0) is 42.7 Å². The standard InChI is InChI=1S/C16H15F2NO3S/c17-12-6-4-10(8-13(12)18)2-1-3-15(20)19-9-11-5-7-14(23-11)16(21)22/h4-8H,1-3,9H2,(H,19,20)(H,21,22). The summed E-state index contributed by atoms with van der Waals surface area (Å²) < 4.78 is 25.8. The van der Waals surface area contributed by atoms with Gasteiger partial charge in [-0.3, -0.25) is 4.79 Å². The molecule has 1 heterocycles. The third-order valence-electron chi connectivity index (χ3n) is 3.19. The lowest BCUT2D eigenvalue weighted by atomic mass is 10.1. The maximum Gasteiger partial charge on any atom is 0.345 e. The van der Waals surface area contributed by atoms with E-state index < -0.39 is 17.6 Å². The molecule has 1 aromatic heterocycles. The highest BCUT2D eigenvalue weighted by Gasteiger charge is 2.08. The fraction of sp³-hybridized carbons (Fsp3) is 0.250. The molecule has 0 saturated heterocycles. The van der Waals surface area contributed by atoms with Crippen LogP contribution in [0.1, 0.15) is 33.0 Å². The molecule has 2 N–H and O–H groups in total. The van der Waals surface area contributed by atoms with E-state index in [0.29, 0.717) is 18.4 Å². The molecule has 0 saturated carbocycles. The second kappa shape index (κ2) is 7.82. The van der Waals surface area contributed by atoms with Gasteiger partial charge in [0.25, 0.3) is 0 Å². The summed E-state index contributed by atoms with van der Waals surface area (Å²) in [7, 11) is 0. The molecule has 2 aromatic rings. The summed E-state index contributed by atoms with van der Waals surface area (Å²) in [5, 5.41) is 11.5. The summed E-state index contributed by atoms with van der Waals surface area (Å²) in [6.07, 6.45) is 1.25. The molecule has 0 aliphatic rings. The largest absolute Gasteiger partial charge is 0.477 e. The van der Waals surface area contributed by atoms with Gasteiger partial charge < -0.3 is 10.4 Å². The molecular weight excluding hydrogens is 324 g/mol. The third-order valence-corrected chi connectivity index (χ3v) is 4.26. The number of carbonyl (C=O) groups is 2. The highest BCUT2D eigenvalue weighted by molar-refractivity contribution is 7.13. The van der Waals surface area contributed by atoms with Gasteiger partial charge in [0, 0.05) is 11.3 Å². The van der Waals surface area contributed by atoms with Crippen LogP contribution in [0.5, 0.6) is 0 Å². The van der Waals surface area contributed by atoms with Crippen molar-refractivity contribution in [2.45, 2.75) is 25.8 Å². The zero-order valence-electron chi connectivity index (χ0n) is 12.1. The fourth-order valence-electron chi connectivity index (χ4n) is 2.01. The second-order valence-corrected chi connectivity index (χ2v) is 6.12. The third kappa shape index (κ3) is 5.14. The Hall–Kier alpha value is -2.28. The molecule has 1 aromatic carbocycles. The van der Waals surface area contributed by atoms with Crippen molar-refractivity contribution in [1.82, 2.24) is 5.32 Å². The summed E-state index contributed by atoms with van der Waals surface area (Å²) in [6.45, 7) is 0.280. The highest BCUT2D eigenvalue weighted by Crippen LogP contribution is 2.16. The summed E-state index contributed by atoms with van der Waals surface area (Å²) >= 11 is 1.12. The minimum atomic E-state index is -0.987. The van der Waals surface area contributed by atoms with Crippen molar-refractivity contribution in [2.75, 3.05) is 0 Å². The first-order valence-electron chi connectivity index (χ1n) is 6.98. The molecule has 0 spiro atoms. The number of thiophene rings is 1. The van der Waals surface area contributed by atoms with Crippen molar-refractivity contribution >= 4 is 23.2 Å². The van der Waals surface area contributed by atoms with Gasteiger partial charge in [-0.1, -0.05) is 6.07 Å². The van der Waals surface area contributed by atoms with E-state index in [-0.39, 0.29) is 23.7 Å². The van der Waals surface area contributed by atoms with Crippen LogP contribution in [-0.4, -0.2) is 17.0 Å². The SMILES string of the molecule is O=C(CCCc1ccc(F)c(F)c1)NCc1ccc(C(=O)O)s1. The number of carbonyl (C=O) groups excluding carboxylic acids is 1. The molecule has 7 heteroatoms. The van der Waals surface area contributed by atoms with E-state index in [9.17, 15) is 18.4 Å². The fourth-order valence-corrected chi connectivity index (χ4v) is 2.80. The minimum Gasteiger partial charge on any atom is -0.477 e. The van der Waals surface area contributed by atoms with Crippen LogP contribution in [0.4, 0.5) is 8.78 Å². The van der Waals surface area contributed by atoms with Crippen LogP contribution in [0.15, 0.2) is 30.3 Å². The average Bonchev–Trinajstić information content (AvgIpc) is 2.98. The normalized spacial score (nSPS) is 10.5. The number of hydrogen-bond acceptors (Lipinski definition) is 3. The quantitative estimate of drug-likeness (QED) is 0.813. The van der Waals surface area contributed by atoms with Gasteiger partial charge in [0.1, 0.15) is 4.88 Å². The summed E-state index contributed by atoms with van der Waals surface area (Å²) in [6, 6.07) is 6.86. The lowest BCUT2D eigenvalue weighted by molar-refractivity contribution is -0.121. The van der Waals surface area contributed by atoms with E-state index in [0.717, 1.165) is 28.3 Å². The van der Waals surface area contributed by atoms with Crippen LogP contribution in [0.3, 0.4) is 0 Å².